The first-order valence-electron chi connectivity index (χ1n) is 8.88. The van der Waals surface area contributed by atoms with Crippen molar-refractivity contribution in [3.8, 4) is 0 Å². The number of aryl methyl sites for hydroxylation is 1. The van der Waals surface area contributed by atoms with Crippen LogP contribution in [0.1, 0.15) is 47.6 Å². The van der Waals surface area contributed by atoms with Crippen molar-refractivity contribution in [3.63, 3.8) is 0 Å². The van der Waals surface area contributed by atoms with E-state index in [1.807, 2.05) is 0 Å². The monoisotopic (exact) mass is 314 g/mol. The predicted molar refractivity (Wildman–Crippen MR) is 104 cm³/mol. The minimum absolute atomic E-state index is 0.0899. The van der Waals surface area contributed by atoms with Crippen LogP contribution in [0.3, 0.4) is 0 Å². The summed E-state index contributed by atoms with van der Waals surface area (Å²) in [5.41, 5.74) is 6.87. The van der Waals surface area contributed by atoms with Gasteiger partial charge in [-0.15, -0.1) is 0 Å². The first kappa shape index (κ1) is 16.5. The number of hydrogen-bond donors (Lipinski definition) is 0. The second-order valence-corrected chi connectivity index (χ2v) is 6.63. The highest BCUT2D eigenvalue weighted by atomic mass is 14.4. The number of rotatable bonds is 5. The van der Waals surface area contributed by atoms with E-state index in [0.29, 0.717) is 0 Å². The molecule has 0 atom stereocenters. The van der Waals surface area contributed by atoms with Gasteiger partial charge >= 0.3 is 0 Å². The van der Waals surface area contributed by atoms with Gasteiger partial charge in [-0.05, 0) is 48.1 Å². The summed E-state index contributed by atoms with van der Waals surface area (Å²) < 4.78 is 0. The minimum Gasteiger partial charge on any atom is -0.0653 e. The van der Waals surface area contributed by atoms with Crippen molar-refractivity contribution in [2.45, 2.75) is 39.0 Å². The molecule has 122 valence electrons. The molecule has 0 aliphatic rings. The molecule has 0 spiro atoms. The summed E-state index contributed by atoms with van der Waals surface area (Å²) in [6.07, 6.45) is 2.24. The van der Waals surface area contributed by atoms with Crippen molar-refractivity contribution < 1.29 is 0 Å². The fourth-order valence-electron chi connectivity index (χ4n) is 3.93. The van der Waals surface area contributed by atoms with Crippen LogP contribution in [0.5, 0.6) is 0 Å². The van der Waals surface area contributed by atoms with Gasteiger partial charge in [0.2, 0.25) is 0 Å². The normalized spacial score (nSPS) is 11.5. The molecular formula is C24H26. The van der Waals surface area contributed by atoms with Crippen molar-refractivity contribution in [1.29, 1.82) is 0 Å². The summed E-state index contributed by atoms with van der Waals surface area (Å²) in [4.78, 5) is 0. The van der Waals surface area contributed by atoms with Crippen molar-refractivity contribution in [2.24, 2.45) is 0 Å². The highest BCUT2D eigenvalue weighted by Gasteiger charge is 2.36. The van der Waals surface area contributed by atoms with E-state index in [9.17, 15) is 0 Å². The van der Waals surface area contributed by atoms with Crippen molar-refractivity contribution in [3.05, 3.63) is 107 Å². The Hall–Kier alpha value is -2.34. The maximum atomic E-state index is 2.32. The van der Waals surface area contributed by atoms with Crippen molar-refractivity contribution in [2.75, 3.05) is 0 Å². The Morgan fingerprint density at radius 2 is 1.21 bits per heavy atom. The third kappa shape index (κ3) is 2.78. The summed E-state index contributed by atoms with van der Waals surface area (Å²) in [5.74, 6) is 0. The van der Waals surface area contributed by atoms with Gasteiger partial charge in [0.15, 0.2) is 0 Å². The Morgan fingerprint density at radius 3 is 1.71 bits per heavy atom. The van der Waals surface area contributed by atoms with Gasteiger partial charge in [0.1, 0.15) is 0 Å². The van der Waals surface area contributed by atoms with Gasteiger partial charge in [0, 0.05) is 5.41 Å². The zero-order chi connectivity index (χ0) is 17.0. The molecule has 0 radical (unpaired) electrons. The van der Waals surface area contributed by atoms with Gasteiger partial charge in [-0.25, -0.2) is 0 Å². The van der Waals surface area contributed by atoms with Crippen LogP contribution in [0.4, 0.5) is 0 Å². The van der Waals surface area contributed by atoms with Gasteiger partial charge in [0.25, 0.3) is 0 Å². The maximum absolute atomic E-state index is 2.32. The average molecular weight is 314 g/mol. The van der Waals surface area contributed by atoms with E-state index in [1.165, 1.54) is 27.8 Å². The molecule has 0 heterocycles. The van der Waals surface area contributed by atoms with Crippen LogP contribution in [-0.2, 0) is 5.41 Å². The fraction of sp³-hybridized carbons (Fsp3) is 0.250. The largest absolute Gasteiger partial charge is 0.0653 e. The van der Waals surface area contributed by atoms with Crippen LogP contribution in [-0.4, -0.2) is 0 Å². The molecule has 0 bridgehead atoms. The SMILES string of the molecule is CCCC(c1ccccc1)(c1ccccc1)c1cccc(C)c1C. The number of benzene rings is 3. The van der Waals surface area contributed by atoms with Crippen LogP contribution < -0.4 is 0 Å². The Bertz CT molecular complexity index is 745. The molecule has 0 heteroatoms. The molecule has 0 saturated heterocycles. The minimum atomic E-state index is -0.0899. The molecule has 3 aromatic rings. The van der Waals surface area contributed by atoms with Crippen LogP contribution in [0.2, 0.25) is 0 Å². The van der Waals surface area contributed by atoms with Crippen LogP contribution in [0, 0.1) is 13.8 Å². The van der Waals surface area contributed by atoms with E-state index >= 15 is 0 Å². The molecule has 0 aromatic heterocycles. The summed E-state index contributed by atoms with van der Waals surface area (Å²) in [6, 6.07) is 28.7. The lowest BCUT2D eigenvalue weighted by molar-refractivity contribution is 0.547. The fourth-order valence-corrected chi connectivity index (χ4v) is 3.93. The first-order chi connectivity index (χ1) is 11.7. The zero-order valence-corrected chi connectivity index (χ0v) is 14.9. The molecule has 0 saturated carbocycles. The van der Waals surface area contributed by atoms with E-state index in [1.54, 1.807) is 0 Å². The van der Waals surface area contributed by atoms with Gasteiger partial charge in [-0.3, -0.25) is 0 Å². The van der Waals surface area contributed by atoms with Crippen LogP contribution in [0.15, 0.2) is 78.9 Å². The van der Waals surface area contributed by atoms with Crippen molar-refractivity contribution >= 4 is 0 Å². The summed E-state index contributed by atoms with van der Waals surface area (Å²) in [7, 11) is 0. The molecule has 24 heavy (non-hydrogen) atoms. The van der Waals surface area contributed by atoms with Crippen molar-refractivity contribution in [1.82, 2.24) is 0 Å². The molecule has 3 rings (SSSR count). The third-order valence-corrected chi connectivity index (χ3v) is 5.22. The van der Waals surface area contributed by atoms with E-state index in [0.717, 1.165) is 12.8 Å². The van der Waals surface area contributed by atoms with E-state index in [4.69, 9.17) is 0 Å². The quantitative estimate of drug-likeness (QED) is 0.475. The second-order valence-electron chi connectivity index (χ2n) is 6.63. The molecule has 0 aliphatic carbocycles. The highest BCUT2D eigenvalue weighted by Crippen LogP contribution is 2.44. The Labute approximate surface area is 146 Å². The lowest BCUT2D eigenvalue weighted by atomic mass is 9.65. The summed E-state index contributed by atoms with van der Waals surface area (Å²) in [6.45, 7) is 6.76. The predicted octanol–water partition coefficient (Wildman–Crippen LogP) is 6.44. The van der Waals surface area contributed by atoms with Crippen LogP contribution >= 0.6 is 0 Å². The number of hydrogen-bond acceptors (Lipinski definition) is 0. The molecule has 3 aromatic carbocycles. The van der Waals surface area contributed by atoms with Gasteiger partial charge in [-0.2, -0.15) is 0 Å². The maximum Gasteiger partial charge on any atom is 0.0453 e. The highest BCUT2D eigenvalue weighted by molar-refractivity contribution is 5.54. The third-order valence-electron chi connectivity index (χ3n) is 5.22. The van der Waals surface area contributed by atoms with Crippen LogP contribution in [0.25, 0.3) is 0 Å². The smallest absolute Gasteiger partial charge is 0.0453 e. The lowest BCUT2D eigenvalue weighted by Gasteiger charge is -2.37. The molecule has 0 fully saturated rings. The van der Waals surface area contributed by atoms with Gasteiger partial charge in [0.05, 0.1) is 0 Å². The second kappa shape index (κ2) is 7.05. The Kier molecular flexibility index (Phi) is 4.85. The van der Waals surface area contributed by atoms with E-state index < -0.39 is 0 Å². The average Bonchev–Trinajstić information content (AvgIpc) is 2.64. The summed E-state index contributed by atoms with van der Waals surface area (Å²) in [5, 5.41) is 0. The Balaban J connectivity index is 2.37. The first-order valence-corrected chi connectivity index (χ1v) is 8.88. The standard InChI is InChI=1S/C24H26/c1-4-18-24(21-13-7-5-8-14-21,22-15-9-6-10-16-22)23-17-11-12-19(2)20(23)3/h5-17H,4,18H2,1-3H3. The lowest BCUT2D eigenvalue weighted by Crippen LogP contribution is -2.30. The molecule has 0 unspecified atom stereocenters. The van der Waals surface area contributed by atoms with Gasteiger partial charge < -0.3 is 0 Å². The van der Waals surface area contributed by atoms with Gasteiger partial charge in [-0.1, -0.05) is 92.2 Å². The molecule has 0 nitrogen and oxygen atoms in total. The topological polar surface area (TPSA) is 0 Å². The summed E-state index contributed by atoms with van der Waals surface area (Å²) >= 11 is 0. The van der Waals surface area contributed by atoms with E-state index in [2.05, 4.69) is 99.6 Å². The Morgan fingerprint density at radius 1 is 0.667 bits per heavy atom. The molecule has 0 amide bonds. The molecular weight excluding hydrogens is 288 g/mol. The van der Waals surface area contributed by atoms with E-state index in [-0.39, 0.29) is 5.41 Å². The zero-order valence-electron chi connectivity index (χ0n) is 14.9. The molecule has 0 aliphatic heterocycles. The molecule has 0 N–H and O–H groups in total.